The summed E-state index contributed by atoms with van der Waals surface area (Å²) < 4.78 is 0. The molecule has 0 spiro atoms. The van der Waals surface area contributed by atoms with Gasteiger partial charge in [-0.3, -0.25) is 15.0 Å². The Hall–Kier alpha value is -1.10. The highest BCUT2D eigenvalue weighted by Gasteiger charge is 2.27. The van der Waals surface area contributed by atoms with E-state index in [4.69, 9.17) is 0 Å². The van der Waals surface area contributed by atoms with Gasteiger partial charge in [0.05, 0.1) is 6.04 Å². The molecule has 1 saturated carbocycles. The van der Waals surface area contributed by atoms with E-state index in [-0.39, 0.29) is 24.0 Å². The first-order chi connectivity index (χ1) is 9.56. The highest BCUT2D eigenvalue weighted by molar-refractivity contribution is 5.96. The van der Waals surface area contributed by atoms with E-state index in [1.807, 2.05) is 6.92 Å². The maximum absolute atomic E-state index is 12.1. The standard InChI is InChI=1S/C15H27N3O2/c1-11-6-5-9-18(10-11)12(2)14(19)17-15(20)16-13-7-3-4-8-13/h11-13H,3-10H2,1-2H3,(H2,16,17,19,20)/t11-,12+/m1/s1. The number of hydrogen-bond acceptors (Lipinski definition) is 3. The molecule has 2 atom stereocenters. The summed E-state index contributed by atoms with van der Waals surface area (Å²) in [6.45, 7) is 5.99. The molecule has 1 aliphatic carbocycles. The highest BCUT2D eigenvalue weighted by atomic mass is 16.2. The minimum atomic E-state index is -0.334. The molecule has 2 fully saturated rings. The number of nitrogens with one attached hydrogen (secondary N) is 2. The van der Waals surface area contributed by atoms with Crippen molar-refractivity contribution in [2.75, 3.05) is 13.1 Å². The molecule has 3 amide bonds. The van der Waals surface area contributed by atoms with E-state index in [1.54, 1.807) is 0 Å². The van der Waals surface area contributed by atoms with Gasteiger partial charge in [-0.15, -0.1) is 0 Å². The summed E-state index contributed by atoms with van der Waals surface area (Å²) in [7, 11) is 0. The van der Waals surface area contributed by atoms with Gasteiger partial charge in [0.2, 0.25) is 5.91 Å². The number of carbonyl (C=O) groups is 2. The van der Waals surface area contributed by atoms with Crippen LogP contribution in [-0.4, -0.2) is 42.0 Å². The van der Waals surface area contributed by atoms with Crippen molar-refractivity contribution in [3.63, 3.8) is 0 Å². The van der Waals surface area contributed by atoms with Crippen molar-refractivity contribution in [1.82, 2.24) is 15.5 Å². The van der Waals surface area contributed by atoms with Crippen LogP contribution in [0.4, 0.5) is 4.79 Å². The summed E-state index contributed by atoms with van der Waals surface area (Å²) in [6.07, 6.45) is 6.75. The largest absolute Gasteiger partial charge is 0.335 e. The predicted molar refractivity (Wildman–Crippen MR) is 78.4 cm³/mol. The minimum absolute atomic E-state index is 0.186. The van der Waals surface area contributed by atoms with Crippen LogP contribution in [0.2, 0.25) is 0 Å². The monoisotopic (exact) mass is 281 g/mol. The summed E-state index contributed by atoms with van der Waals surface area (Å²) >= 11 is 0. The van der Waals surface area contributed by atoms with E-state index in [1.165, 1.54) is 19.3 Å². The lowest BCUT2D eigenvalue weighted by Crippen LogP contribution is -2.52. The van der Waals surface area contributed by atoms with Crippen LogP contribution in [0.25, 0.3) is 0 Å². The van der Waals surface area contributed by atoms with Gasteiger partial charge in [0.1, 0.15) is 0 Å². The van der Waals surface area contributed by atoms with E-state index in [0.29, 0.717) is 5.92 Å². The van der Waals surface area contributed by atoms with Crippen molar-refractivity contribution in [3.8, 4) is 0 Å². The van der Waals surface area contributed by atoms with Crippen LogP contribution >= 0.6 is 0 Å². The van der Waals surface area contributed by atoms with Gasteiger partial charge in [0.15, 0.2) is 0 Å². The van der Waals surface area contributed by atoms with Crippen LogP contribution in [0.1, 0.15) is 52.4 Å². The fourth-order valence-electron chi connectivity index (χ4n) is 3.25. The molecule has 0 bridgehead atoms. The van der Waals surface area contributed by atoms with E-state index in [2.05, 4.69) is 22.5 Å². The average molecular weight is 281 g/mol. The molecule has 2 N–H and O–H groups in total. The molecule has 1 aliphatic heterocycles. The normalized spacial score (nSPS) is 26.2. The quantitative estimate of drug-likeness (QED) is 0.830. The van der Waals surface area contributed by atoms with Gasteiger partial charge in [-0.25, -0.2) is 4.79 Å². The molecule has 2 aliphatic rings. The third kappa shape index (κ3) is 4.20. The van der Waals surface area contributed by atoms with Crippen molar-refractivity contribution in [1.29, 1.82) is 0 Å². The van der Waals surface area contributed by atoms with Gasteiger partial charge >= 0.3 is 6.03 Å². The maximum atomic E-state index is 12.1. The van der Waals surface area contributed by atoms with Crippen molar-refractivity contribution in [3.05, 3.63) is 0 Å². The molecular formula is C15H27N3O2. The number of urea groups is 1. The van der Waals surface area contributed by atoms with Crippen LogP contribution in [0.15, 0.2) is 0 Å². The van der Waals surface area contributed by atoms with Gasteiger partial charge in [0, 0.05) is 12.6 Å². The molecule has 0 aromatic carbocycles. The smallest absolute Gasteiger partial charge is 0.321 e. The lowest BCUT2D eigenvalue weighted by Gasteiger charge is -2.34. The number of amides is 3. The number of imide groups is 1. The topological polar surface area (TPSA) is 61.4 Å². The van der Waals surface area contributed by atoms with Crippen molar-refractivity contribution in [2.24, 2.45) is 5.92 Å². The summed E-state index contributed by atoms with van der Waals surface area (Å²) in [5, 5.41) is 5.38. The Bertz CT molecular complexity index is 353. The first kappa shape index (κ1) is 15.3. The molecule has 5 nitrogen and oxygen atoms in total. The second kappa shape index (κ2) is 7.07. The first-order valence-electron chi connectivity index (χ1n) is 7.91. The number of rotatable bonds is 3. The minimum Gasteiger partial charge on any atom is -0.335 e. The van der Waals surface area contributed by atoms with Crippen molar-refractivity contribution in [2.45, 2.75) is 64.5 Å². The molecule has 0 unspecified atom stereocenters. The number of carbonyl (C=O) groups excluding carboxylic acids is 2. The zero-order chi connectivity index (χ0) is 14.5. The van der Waals surface area contributed by atoms with Crippen LogP contribution in [0, 0.1) is 5.92 Å². The second-order valence-corrected chi connectivity index (χ2v) is 6.36. The lowest BCUT2D eigenvalue weighted by molar-refractivity contribution is -0.125. The Kier molecular flexibility index (Phi) is 5.40. The third-order valence-electron chi connectivity index (χ3n) is 4.54. The number of hydrogen-bond donors (Lipinski definition) is 2. The Morgan fingerprint density at radius 1 is 1.15 bits per heavy atom. The number of nitrogens with zero attached hydrogens (tertiary/aromatic N) is 1. The molecule has 5 heteroatoms. The van der Waals surface area contributed by atoms with E-state index in [0.717, 1.165) is 32.4 Å². The summed E-state index contributed by atoms with van der Waals surface area (Å²) in [5.74, 6) is 0.445. The van der Waals surface area contributed by atoms with E-state index in [9.17, 15) is 9.59 Å². The summed E-state index contributed by atoms with van der Waals surface area (Å²) in [5.41, 5.74) is 0. The van der Waals surface area contributed by atoms with Gasteiger partial charge in [-0.1, -0.05) is 19.8 Å². The molecule has 20 heavy (non-hydrogen) atoms. The lowest BCUT2D eigenvalue weighted by atomic mass is 9.99. The predicted octanol–water partition coefficient (Wildman–Crippen LogP) is 1.88. The first-order valence-corrected chi connectivity index (χ1v) is 7.91. The fraction of sp³-hybridized carbons (Fsp3) is 0.867. The zero-order valence-electron chi connectivity index (χ0n) is 12.7. The van der Waals surface area contributed by atoms with Gasteiger partial charge < -0.3 is 5.32 Å². The summed E-state index contributed by atoms with van der Waals surface area (Å²) in [4.78, 5) is 26.1. The molecule has 0 aromatic heterocycles. The molecule has 0 aromatic rings. The molecular weight excluding hydrogens is 254 g/mol. The van der Waals surface area contributed by atoms with Gasteiger partial charge in [-0.05, 0) is 45.1 Å². The van der Waals surface area contributed by atoms with E-state index < -0.39 is 0 Å². The van der Waals surface area contributed by atoms with E-state index >= 15 is 0 Å². The second-order valence-electron chi connectivity index (χ2n) is 6.36. The van der Waals surface area contributed by atoms with Crippen LogP contribution < -0.4 is 10.6 Å². The highest BCUT2D eigenvalue weighted by Crippen LogP contribution is 2.18. The molecule has 1 heterocycles. The SMILES string of the molecule is C[C@@H]1CCCN([C@@H](C)C(=O)NC(=O)NC2CCCC2)C1. The molecule has 114 valence electrons. The van der Waals surface area contributed by atoms with Gasteiger partial charge in [0.25, 0.3) is 0 Å². The fourth-order valence-corrected chi connectivity index (χ4v) is 3.25. The Morgan fingerprint density at radius 2 is 1.85 bits per heavy atom. The van der Waals surface area contributed by atoms with Gasteiger partial charge in [-0.2, -0.15) is 0 Å². The van der Waals surface area contributed by atoms with Crippen LogP contribution in [-0.2, 0) is 4.79 Å². The van der Waals surface area contributed by atoms with Crippen molar-refractivity contribution >= 4 is 11.9 Å². The van der Waals surface area contributed by atoms with Crippen LogP contribution in [0.5, 0.6) is 0 Å². The van der Waals surface area contributed by atoms with Crippen LogP contribution in [0.3, 0.4) is 0 Å². The maximum Gasteiger partial charge on any atom is 0.321 e. The number of piperidine rings is 1. The number of likely N-dealkylation sites (tertiary alicyclic amines) is 1. The third-order valence-corrected chi connectivity index (χ3v) is 4.54. The Balaban J connectivity index is 1.76. The summed E-state index contributed by atoms with van der Waals surface area (Å²) in [6, 6.07) is -0.320. The molecule has 0 radical (unpaired) electrons. The Morgan fingerprint density at radius 3 is 2.50 bits per heavy atom. The molecule has 1 saturated heterocycles. The zero-order valence-corrected chi connectivity index (χ0v) is 12.7. The average Bonchev–Trinajstić information content (AvgIpc) is 2.90. The van der Waals surface area contributed by atoms with Crippen molar-refractivity contribution < 1.29 is 9.59 Å². The Labute approximate surface area is 121 Å². The molecule has 2 rings (SSSR count).